The summed E-state index contributed by atoms with van der Waals surface area (Å²) < 4.78 is 23.6. The fourth-order valence-corrected chi connectivity index (χ4v) is 3.41. The number of aryl methyl sites for hydroxylation is 2. The van der Waals surface area contributed by atoms with Gasteiger partial charge in [0.05, 0.1) is 32.4 Å². The Morgan fingerprint density at radius 1 is 0.968 bits per heavy atom. The van der Waals surface area contributed by atoms with Crippen molar-refractivity contribution in [3.05, 3.63) is 57.8 Å². The number of aromatic nitrogens is 4. The number of hydrogen-bond acceptors (Lipinski definition) is 8. The van der Waals surface area contributed by atoms with Gasteiger partial charge in [0.2, 0.25) is 17.5 Å². The molecule has 2 heterocycles. The number of hydrogen-bond donors (Lipinski definition) is 0. The second-order valence-corrected chi connectivity index (χ2v) is 7.00. The van der Waals surface area contributed by atoms with E-state index in [-0.39, 0.29) is 18.0 Å². The predicted octanol–water partition coefficient (Wildman–Crippen LogP) is 3.14. The molecular formula is C22H22N4O5. The summed E-state index contributed by atoms with van der Waals surface area (Å²) in [5.74, 6) is 1.97. The largest absolute Gasteiger partial charge is 0.493 e. The number of nitrogens with zero attached hydrogens (tertiary/aromatic N) is 4. The molecule has 0 saturated heterocycles. The first-order valence-corrected chi connectivity index (χ1v) is 9.55. The van der Waals surface area contributed by atoms with Crippen LogP contribution in [-0.4, -0.2) is 41.1 Å². The van der Waals surface area contributed by atoms with E-state index in [4.69, 9.17) is 18.6 Å². The van der Waals surface area contributed by atoms with Gasteiger partial charge in [0, 0.05) is 5.56 Å². The minimum absolute atomic E-state index is 0.125. The molecule has 0 fully saturated rings. The van der Waals surface area contributed by atoms with Crippen molar-refractivity contribution in [1.29, 1.82) is 0 Å². The Morgan fingerprint density at radius 3 is 2.32 bits per heavy atom. The van der Waals surface area contributed by atoms with Crippen LogP contribution in [0.15, 0.2) is 39.5 Å². The molecule has 0 unspecified atom stereocenters. The highest BCUT2D eigenvalue weighted by atomic mass is 16.5. The van der Waals surface area contributed by atoms with Crippen LogP contribution in [0.25, 0.3) is 22.5 Å². The van der Waals surface area contributed by atoms with Gasteiger partial charge >= 0.3 is 0 Å². The molecule has 9 heteroatoms. The van der Waals surface area contributed by atoms with Gasteiger partial charge in [-0.25, -0.2) is 4.98 Å². The quantitative estimate of drug-likeness (QED) is 0.467. The summed E-state index contributed by atoms with van der Waals surface area (Å²) in [6, 6.07) is 9.21. The molecule has 0 spiro atoms. The van der Waals surface area contributed by atoms with Crippen LogP contribution < -0.4 is 19.8 Å². The topological polar surface area (TPSA) is 102 Å². The number of ether oxygens (including phenoxy) is 3. The lowest BCUT2D eigenvalue weighted by Crippen LogP contribution is -2.24. The summed E-state index contributed by atoms with van der Waals surface area (Å²) >= 11 is 0. The van der Waals surface area contributed by atoms with Crippen molar-refractivity contribution in [2.45, 2.75) is 20.4 Å². The Balaban J connectivity index is 1.76. The molecule has 31 heavy (non-hydrogen) atoms. The van der Waals surface area contributed by atoms with Crippen molar-refractivity contribution in [2.75, 3.05) is 21.3 Å². The SMILES string of the molecule is COc1cc(-c2nnc(Cn3c(=O)c(C)nc4ccc(C)cc43)o2)cc(OC)c1OC. The minimum atomic E-state index is -0.203. The zero-order chi connectivity index (χ0) is 22.1. The Morgan fingerprint density at radius 2 is 1.68 bits per heavy atom. The minimum Gasteiger partial charge on any atom is -0.493 e. The summed E-state index contributed by atoms with van der Waals surface area (Å²) in [6.07, 6.45) is 0. The standard InChI is InChI=1S/C22H22N4O5/c1-12-6-7-15-16(8-12)26(22(27)13(2)23-15)11-19-24-25-21(31-19)14-9-17(28-3)20(30-5)18(10-14)29-4/h6-10H,11H2,1-5H3. The van der Waals surface area contributed by atoms with Crippen LogP contribution in [0.3, 0.4) is 0 Å². The van der Waals surface area contributed by atoms with Crippen molar-refractivity contribution >= 4 is 11.0 Å². The van der Waals surface area contributed by atoms with E-state index in [2.05, 4.69) is 15.2 Å². The molecule has 4 rings (SSSR count). The Hall–Kier alpha value is -3.88. The van der Waals surface area contributed by atoms with Crippen LogP contribution in [0.5, 0.6) is 17.2 Å². The van der Waals surface area contributed by atoms with E-state index in [1.54, 1.807) is 23.6 Å². The lowest BCUT2D eigenvalue weighted by Gasteiger charge is -2.12. The first-order valence-electron chi connectivity index (χ1n) is 9.55. The highest BCUT2D eigenvalue weighted by Gasteiger charge is 2.18. The summed E-state index contributed by atoms with van der Waals surface area (Å²) in [7, 11) is 4.60. The Labute approximate surface area is 178 Å². The second-order valence-electron chi connectivity index (χ2n) is 7.00. The van der Waals surface area contributed by atoms with Crippen LogP contribution in [0.1, 0.15) is 17.1 Å². The monoisotopic (exact) mass is 422 g/mol. The fourth-order valence-electron chi connectivity index (χ4n) is 3.41. The Bertz CT molecular complexity index is 1300. The maximum absolute atomic E-state index is 12.8. The average Bonchev–Trinajstić information content (AvgIpc) is 3.25. The number of fused-ring (bicyclic) bond motifs is 1. The molecule has 9 nitrogen and oxygen atoms in total. The average molecular weight is 422 g/mol. The van der Waals surface area contributed by atoms with Gasteiger partial charge in [-0.05, 0) is 43.7 Å². The molecule has 0 atom stereocenters. The molecule has 0 radical (unpaired) electrons. The summed E-state index contributed by atoms with van der Waals surface area (Å²) in [5, 5.41) is 8.27. The molecule has 2 aromatic carbocycles. The van der Waals surface area contributed by atoms with Gasteiger partial charge in [-0.3, -0.25) is 9.36 Å². The van der Waals surface area contributed by atoms with Crippen LogP contribution >= 0.6 is 0 Å². The van der Waals surface area contributed by atoms with E-state index in [0.29, 0.717) is 39.9 Å². The van der Waals surface area contributed by atoms with Crippen molar-refractivity contribution in [3.63, 3.8) is 0 Å². The molecule has 0 aliphatic carbocycles. The molecular weight excluding hydrogens is 400 g/mol. The summed E-state index contributed by atoms with van der Waals surface area (Å²) in [4.78, 5) is 17.2. The van der Waals surface area contributed by atoms with E-state index in [0.717, 1.165) is 11.1 Å². The molecule has 0 bridgehead atoms. The van der Waals surface area contributed by atoms with Crippen LogP contribution in [0, 0.1) is 13.8 Å². The van der Waals surface area contributed by atoms with Crippen molar-refractivity contribution < 1.29 is 18.6 Å². The van der Waals surface area contributed by atoms with Gasteiger partial charge in [0.25, 0.3) is 5.56 Å². The van der Waals surface area contributed by atoms with Gasteiger partial charge in [-0.2, -0.15) is 0 Å². The first-order chi connectivity index (χ1) is 14.9. The van der Waals surface area contributed by atoms with E-state index in [9.17, 15) is 4.79 Å². The van der Waals surface area contributed by atoms with Crippen molar-refractivity contribution in [3.8, 4) is 28.7 Å². The third-order valence-electron chi connectivity index (χ3n) is 4.94. The smallest absolute Gasteiger partial charge is 0.272 e. The number of benzene rings is 2. The third-order valence-corrected chi connectivity index (χ3v) is 4.94. The molecule has 2 aromatic heterocycles. The van der Waals surface area contributed by atoms with E-state index in [1.807, 2.05) is 25.1 Å². The number of rotatable bonds is 6. The van der Waals surface area contributed by atoms with Gasteiger partial charge in [-0.15, -0.1) is 10.2 Å². The second kappa shape index (κ2) is 8.10. The molecule has 0 aliphatic rings. The summed E-state index contributed by atoms with van der Waals surface area (Å²) in [6.45, 7) is 3.77. The zero-order valence-electron chi connectivity index (χ0n) is 17.9. The fraction of sp³-hybridized carbons (Fsp3) is 0.273. The van der Waals surface area contributed by atoms with Gasteiger partial charge < -0.3 is 18.6 Å². The van der Waals surface area contributed by atoms with Crippen LogP contribution in [0.4, 0.5) is 0 Å². The zero-order valence-corrected chi connectivity index (χ0v) is 17.9. The van der Waals surface area contributed by atoms with E-state index >= 15 is 0 Å². The normalized spacial score (nSPS) is 11.0. The molecule has 4 aromatic rings. The lowest BCUT2D eigenvalue weighted by atomic mass is 10.2. The molecule has 0 saturated carbocycles. The Kier molecular flexibility index (Phi) is 5.33. The van der Waals surface area contributed by atoms with Crippen molar-refractivity contribution in [2.24, 2.45) is 0 Å². The third kappa shape index (κ3) is 3.70. The van der Waals surface area contributed by atoms with E-state index in [1.165, 1.54) is 21.3 Å². The van der Waals surface area contributed by atoms with Gasteiger partial charge in [0.1, 0.15) is 12.2 Å². The molecule has 0 amide bonds. The van der Waals surface area contributed by atoms with E-state index < -0.39 is 0 Å². The van der Waals surface area contributed by atoms with Gasteiger partial charge in [-0.1, -0.05) is 6.07 Å². The highest BCUT2D eigenvalue weighted by molar-refractivity contribution is 5.75. The van der Waals surface area contributed by atoms with Crippen molar-refractivity contribution in [1.82, 2.24) is 19.7 Å². The van der Waals surface area contributed by atoms with Crippen LogP contribution in [-0.2, 0) is 6.54 Å². The predicted molar refractivity (Wildman–Crippen MR) is 114 cm³/mol. The highest BCUT2D eigenvalue weighted by Crippen LogP contribution is 2.40. The van der Waals surface area contributed by atoms with Gasteiger partial charge in [0.15, 0.2) is 11.5 Å². The maximum atomic E-state index is 12.8. The summed E-state index contributed by atoms with van der Waals surface area (Å²) in [5.41, 5.74) is 3.27. The first kappa shape index (κ1) is 20.4. The molecule has 0 N–H and O–H groups in total. The van der Waals surface area contributed by atoms with Crippen LogP contribution in [0.2, 0.25) is 0 Å². The molecule has 160 valence electrons. The maximum Gasteiger partial charge on any atom is 0.272 e. The number of methoxy groups -OCH3 is 3. The molecule has 0 aliphatic heterocycles. The lowest BCUT2D eigenvalue weighted by molar-refractivity contribution is 0.324.